The third-order valence-electron chi connectivity index (χ3n) is 5.59. The number of carbonyl (C=O) groups is 1. The standard InChI is InChI=1S/C22H34N4O3S/c1-17(2)16-19(22(27)23-12-9-15-26-13-7-3-4-8-14-26)24-21-18-10-5-6-11-20(18)30(28,29)25-21/h5-6,10-11,17,19H,3-4,7-9,12-16H2,1-2H3,(H,23,27)(H,24,25). The molecular weight excluding hydrogens is 400 g/mol. The van der Waals surface area contributed by atoms with Crippen LogP contribution in [0.2, 0.25) is 0 Å². The van der Waals surface area contributed by atoms with Gasteiger partial charge in [0, 0.05) is 12.1 Å². The molecule has 8 heteroatoms. The average Bonchev–Trinajstić information content (AvgIpc) is 2.86. The maximum Gasteiger partial charge on any atom is 0.263 e. The molecule has 0 saturated carbocycles. The zero-order valence-corrected chi connectivity index (χ0v) is 18.9. The van der Waals surface area contributed by atoms with Gasteiger partial charge in [-0.15, -0.1) is 0 Å². The van der Waals surface area contributed by atoms with Gasteiger partial charge in [0.05, 0.1) is 4.90 Å². The van der Waals surface area contributed by atoms with E-state index in [0.29, 0.717) is 18.5 Å². The number of fused-ring (bicyclic) bond motifs is 1. The van der Waals surface area contributed by atoms with Crippen LogP contribution in [0.15, 0.2) is 34.2 Å². The number of hydrogen-bond donors (Lipinski definition) is 2. The predicted octanol–water partition coefficient (Wildman–Crippen LogP) is 2.52. The Kier molecular flexibility index (Phi) is 7.88. The summed E-state index contributed by atoms with van der Waals surface area (Å²) in [7, 11) is -3.61. The fourth-order valence-corrected chi connectivity index (χ4v) is 5.28. The molecule has 2 aliphatic heterocycles. The molecule has 1 saturated heterocycles. The van der Waals surface area contributed by atoms with E-state index in [1.54, 1.807) is 24.3 Å². The highest BCUT2D eigenvalue weighted by Gasteiger charge is 2.32. The lowest BCUT2D eigenvalue weighted by Crippen LogP contribution is -2.38. The molecule has 3 rings (SSSR count). The molecule has 1 fully saturated rings. The number of benzene rings is 1. The molecule has 0 spiro atoms. The number of aliphatic imine (C=N–C) groups is 1. The molecule has 2 aliphatic rings. The highest BCUT2D eigenvalue weighted by Crippen LogP contribution is 2.23. The van der Waals surface area contributed by atoms with Crippen LogP contribution < -0.4 is 10.0 Å². The molecule has 0 aromatic heterocycles. The van der Waals surface area contributed by atoms with Gasteiger partial charge >= 0.3 is 0 Å². The number of amides is 1. The van der Waals surface area contributed by atoms with Crippen molar-refractivity contribution in [2.75, 3.05) is 26.2 Å². The SMILES string of the molecule is CC(C)CC(N=C1NS(=O)(=O)c2ccccc21)C(=O)NCCCN1CCCCCC1. The second-order valence-corrected chi connectivity index (χ2v) is 10.3. The minimum Gasteiger partial charge on any atom is -0.354 e. The van der Waals surface area contributed by atoms with Crippen LogP contribution in [0.3, 0.4) is 0 Å². The van der Waals surface area contributed by atoms with Crippen LogP contribution in [0, 0.1) is 5.92 Å². The molecule has 2 N–H and O–H groups in total. The highest BCUT2D eigenvalue weighted by atomic mass is 32.2. The zero-order valence-electron chi connectivity index (χ0n) is 18.1. The number of rotatable bonds is 8. The van der Waals surface area contributed by atoms with Crippen molar-refractivity contribution < 1.29 is 13.2 Å². The van der Waals surface area contributed by atoms with Gasteiger partial charge in [0.25, 0.3) is 10.0 Å². The van der Waals surface area contributed by atoms with E-state index in [-0.39, 0.29) is 22.6 Å². The van der Waals surface area contributed by atoms with Gasteiger partial charge in [-0.2, -0.15) is 0 Å². The van der Waals surface area contributed by atoms with Crippen molar-refractivity contribution in [3.05, 3.63) is 29.8 Å². The monoisotopic (exact) mass is 434 g/mol. The van der Waals surface area contributed by atoms with Gasteiger partial charge in [0.1, 0.15) is 11.9 Å². The third kappa shape index (κ3) is 6.04. The van der Waals surface area contributed by atoms with Crippen LogP contribution in [0.4, 0.5) is 0 Å². The van der Waals surface area contributed by atoms with E-state index in [0.717, 1.165) is 26.1 Å². The summed E-state index contributed by atoms with van der Waals surface area (Å²) in [6, 6.07) is 6.12. The van der Waals surface area contributed by atoms with Crippen molar-refractivity contribution >= 4 is 21.8 Å². The summed E-state index contributed by atoms with van der Waals surface area (Å²) in [5.41, 5.74) is 0.528. The van der Waals surface area contributed by atoms with E-state index < -0.39 is 16.1 Å². The molecular formula is C22H34N4O3S. The van der Waals surface area contributed by atoms with E-state index in [2.05, 4.69) is 19.9 Å². The molecule has 1 unspecified atom stereocenters. The summed E-state index contributed by atoms with van der Waals surface area (Å²) < 4.78 is 27.2. The number of sulfonamides is 1. The summed E-state index contributed by atoms with van der Waals surface area (Å²) in [5.74, 6) is 0.377. The molecule has 2 heterocycles. The van der Waals surface area contributed by atoms with Crippen molar-refractivity contribution in [2.45, 2.75) is 63.3 Å². The normalized spacial score (nSPS) is 21.1. The van der Waals surface area contributed by atoms with Crippen molar-refractivity contribution in [2.24, 2.45) is 10.9 Å². The van der Waals surface area contributed by atoms with E-state index >= 15 is 0 Å². The Labute approximate surface area is 180 Å². The first-order chi connectivity index (χ1) is 14.4. The number of nitrogens with one attached hydrogen (secondary N) is 2. The van der Waals surface area contributed by atoms with E-state index in [9.17, 15) is 13.2 Å². The molecule has 166 valence electrons. The Morgan fingerprint density at radius 1 is 1.17 bits per heavy atom. The molecule has 0 bridgehead atoms. The molecule has 1 atom stereocenters. The van der Waals surface area contributed by atoms with Crippen LogP contribution >= 0.6 is 0 Å². The van der Waals surface area contributed by atoms with Crippen LogP contribution in [-0.2, 0) is 14.8 Å². The molecule has 0 radical (unpaired) electrons. The van der Waals surface area contributed by atoms with Crippen molar-refractivity contribution in [3.8, 4) is 0 Å². The summed E-state index contributed by atoms with van der Waals surface area (Å²) in [4.78, 5) is 20.1. The Morgan fingerprint density at radius 2 is 1.87 bits per heavy atom. The first kappa shape index (κ1) is 22.7. The maximum absolute atomic E-state index is 12.8. The second-order valence-electron chi connectivity index (χ2n) is 8.63. The van der Waals surface area contributed by atoms with Crippen LogP contribution in [0.25, 0.3) is 0 Å². The average molecular weight is 435 g/mol. The van der Waals surface area contributed by atoms with Crippen molar-refractivity contribution in [1.82, 2.24) is 14.9 Å². The Hall–Kier alpha value is -1.93. The molecule has 1 aromatic carbocycles. The molecule has 1 aromatic rings. The minimum atomic E-state index is -3.61. The van der Waals surface area contributed by atoms with Crippen LogP contribution in [0.5, 0.6) is 0 Å². The lowest BCUT2D eigenvalue weighted by molar-refractivity contribution is -0.122. The fraction of sp³-hybridized carbons (Fsp3) is 0.636. The minimum absolute atomic E-state index is 0.143. The Balaban J connectivity index is 1.61. The second kappa shape index (κ2) is 10.4. The van der Waals surface area contributed by atoms with E-state index in [4.69, 9.17) is 0 Å². The Bertz CT molecular complexity index is 859. The van der Waals surface area contributed by atoms with Gasteiger partial charge in [-0.1, -0.05) is 38.8 Å². The van der Waals surface area contributed by atoms with E-state index in [1.807, 2.05) is 13.8 Å². The van der Waals surface area contributed by atoms with Gasteiger partial charge in [-0.3, -0.25) is 14.5 Å². The van der Waals surface area contributed by atoms with Gasteiger partial charge in [0.15, 0.2) is 0 Å². The summed E-state index contributed by atoms with van der Waals surface area (Å²) in [5, 5.41) is 3.01. The number of hydrogen-bond acceptors (Lipinski definition) is 5. The van der Waals surface area contributed by atoms with Gasteiger partial charge in [-0.25, -0.2) is 8.42 Å². The zero-order chi connectivity index (χ0) is 21.6. The first-order valence-electron chi connectivity index (χ1n) is 11.1. The largest absolute Gasteiger partial charge is 0.354 e. The van der Waals surface area contributed by atoms with Crippen molar-refractivity contribution in [1.29, 1.82) is 0 Å². The lowest BCUT2D eigenvalue weighted by atomic mass is 10.0. The van der Waals surface area contributed by atoms with Crippen LogP contribution in [0.1, 0.15) is 57.9 Å². The quantitative estimate of drug-likeness (QED) is 0.615. The number of nitrogens with zero attached hydrogens (tertiary/aromatic N) is 2. The summed E-state index contributed by atoms with van der Waals surface area (Å²) >= 11 is 0. The smallest absolute Gasteiger partial charge is 0.263 e. The summed E-state index contributed by atoms with van der Waals surface area (Å²) in [6.45, 7) is 7.97. The maximum atomic E-state index is 12.8. The number of carbonyl (C=O) groups excluding carboxylic acids is 1. The van der Waals surface area contributed by atoms with Gasteiger partial charge < -0.3 is 10.2 Å². The number of amidine groups is 1. The van der Waals surface area contributed by atoms with Gasteiger partial charge in [-0.05, 0) is 63.4 Å². The highest BCUT2D eigenvalue weighted by molar-refractivity contribution is 7.90. The van der Waals surface area contributed by atoms with Crippen molar-refractivity contribution in [3.63, 3.8) is 0 Å². The lowest BCUT2D eigenvalue weighted by Gasteiger charge is -2.20. The van der Waals surface area contributed by atoms with E-state index in [1.165, 1.54) is 25.7 Å². The number of likely N-dealkylation sites (tertiary alicyclic amines) is 1. The van der Waals surface area contributed by atoms with Crippen LogP contribution in [-0.4, -0.2) is 57.3 Å². The van der Waals surface area contributed by atoms with Gasteiger partial charge in [0.2, 0.25) is 5.91 Å². The molecule has 7 nitrogen and oxygen atoms in total. The first-order valence-corrected chi connectivity index (χ1v) is 12.6. The Morgan fingerprint density at radius 3 is 2.57 bits per heavy atom. The fourth-order valence-electron chi connectivity index (χ4n) is 4.04. The molecule has 1 amide bonds. The molecule has 0 aliphatic carbocycles. The third-order valence-corrected chi connectivity index (χ3v) is 6.99. The topological polar surface area (TPSA) is 90.9 Å². The predicted molar refractivity (Wildman–Crippen MR) is 119 cm³/mol. The summed E-state index contributed by atoms with van der Waals surface area (Å²) in [6.07, 6.45) is 6.63. The molecule has 30 heavy (non-hydrogen) atoms.